The Morgan fingerprint density at radius 3 is 2.21 bits per heavy atom. The first-order valence-corrected chi connectivity index (χ1v) is 13.5. The second kappa shape index (κ2) is 16.2. The standard InChI is InChI=1S/C28H40N2O3S/c1-4-6-8-10-12-21-30(28(32)29-20-11-9-7-5-2)24-16-18-26(19-17-24)34-27-15-13-14-25(22-27)33-23(3)31/h13-19,22H,4-12,20-21H2,1-3H3,(H,29,32). The summed E-state index contributed by atoms with van der Waals surface area (Å²) in [7, 11) is 0. The minimum absolute atomic E-state index is 0.0125. The van der Waals surface area contributed by atoms with Crippen molar-refractivity contribution < 1.29 is 14.3 Å². The average Bonchev–Trinajstić information content (AvgIpc) is 2.82. The van der Waals surface area contributed by atoms with Gasteiger partial charge in [0.2, 0.25) is 0 Å². The van der Waals surface area contributed by atoms with E-state index in [9.17, 15) is 9.59 Å². The van der Waals surface area contributed by atoms with Gasteiger partial charge in [-0.05, 0) is 55.3 Å². The van der Waals surface area contributed by atoms with Crippen molar-refractivity contribution in [1.82, 2.24) is 5.32 Å². The Bertz CT molecular complexity index is 870. The zero-order chi connectivity index (χ0) is 24.6. The number of amides is 2. The molecule has 1 N–H and O–H groups in total. The number of carbonyl (C=O) groups is 2. The number of benzene rings is 2. The van der Waals surface area contributed by atoms with E-state index in [0.717, 1.165) is 54.3 Å². The molecule has 0 radical (unpaired) electrons. The maximum atomic E-state index is 13.0. The Labute approximate surface area is 209 Å². The molecule has 0 saturated heterocycles. The number of rotatable bonds is 15. The van der Waals surface area contributed by atoms with Crippen LogP contribution in [0.25, 0.3) is 0 Å². The Hall–Kier alpha value is -2.47. The number of esters is 1. The Morgan fingerprint density at radius 1 is 0.853 bits per heavy atom. The molecule has 0 bridgehead atoms. The minimum atomic E-state index is -0.329. The van der Waals surface area contributed by atoms with Gasteiger partial charge in [0.25, 0.3) is 0 Å². The lowest BCUT2D eigenvalue weighted by Crippen LogP contribution is -2.41. The van der Waals surface area contributed by atoms with E-state index in [1.54, 1.807) is 17.8 Å². The van der Waals surface area contributed by atoms with Crippen LogP contribution in [0, 0.1) is 0 Å². The summed E-state index contributed by atoms with van der Waals surface area (Å²) >= 11 is 1.60. The van der Waals surface area contributed by atoms with Crippen molar-refractivity contribution in [2.45, 2.75) is 88.3 Å². The van der Waals surface area contributed by atoms with E-state index < -0.39 is 0 Å². The predicted molar refractivity (Wildman–Crippen MR) is 142 cm³/mol. The Balaban J connectivity index is 2.01. The number of urea groups is 1. The maximum absolute atomic E-state index is 13.0. The first kappa shape index (κ1) is 27.8. The summed E-state index contributed by atoms with van der Waals surface area (Å²) in [5.41, 5.74) is 0.916. The monoisotopic (exact) mass is 484 g/mol. The van der Waals surface area contributed by atoms with Crippen LogP contribution < -0.4 is 15.0 Å². The molecule has 0 aromatic heterocycles. The van der Waals surface area contributed by atoms with Crippen molar-refractivity contribution >= 4 is 29.4 Å². The van der Waals surface area contributed by atoms with Gasteiger partial charge in [0.05, 0.1) is 0 Å². The molecule has 0 fully saturated rings. The van der Waals surface area contributed by atoms with Crippen LogP contribution in [0.1, 0.15) is 78.6 Å². The van der Waals surface area contributed by atoms with Crippen molar-refractivity contribution in [3.05, 3.63) is 48.5 Å². The molecular weight excluding hydrogens is 444 g/mol. The molecule has 6 heteroatoms. The molecule has 186 valence electrons. The predicted octanol–water partition coefficient (Wildman–Crippen LogP) is 7.83. The molecule has 0 aliphatic heterocycles. The van der Waals surface area contributed by atoms with Gasteiger partial charge in [0.15, 0.2) is 0 Å². The molecular formula is C28H40N2O3S. The molecule has 0 aliphatic rings. The number of nitrogens with one attached hydrogen (secondary N) is 1. The first-order chi connectivity index (χ1) is 16.5. The summed E-state index contributed by atoms with van der Waals surface area (Å²) in [6, 6.07) is 15.6. The number of ether oxygens (including phenoxy) is 1. The van der Waals surface area contributed by atoms with Gasteiger partial charge in [0.1, 0.15) is 5.75 Å². The molecule has 0 saturated carbocycles. The maximum Gasteiger partial charge on any atom is 0.321 e. The van der Waals surface area contributed by atoms with Gasteiger partial charge in [-0.15, -0.1) is 0 Å². The molecule has 2 aromatic rings. The number of carbonyl (C=O) groups excluding carboxylic acids is 2. The molecule has 2 rings (SSSR count). The highest BCUT2D eigenvalue weighted by atomic mass is 32.2. The minimum Gasteiger partial charge on any atom is -0.427 e. The third kappa shape index (κ3) is 10.6. The van der Waals surface area contributed by atoms with Gasteiger partial charge in [-0.25, -0.2) is 4.79 Å². The van der Waals surface area contributed by atoms with Gasteiger partial charge in [-0.1, -0.05) is 76.6 Å². The fourth-order valence-electron chi connectivity index (χ4n) is 3.66. The molecule has 0 heterocycles. The SMILES string of the molecule is CCCCCCCN(C(=O)NCCCCCC)c1ccc(Sc2cccc(OC(C)=O)c2)cc1. The third-order valence-electron chi connectivity index (χ3n) is 5.49. The lowest BCUT2D eigenvalue weighted by molar-refractivity contribution is -0.131. The first-order valence-electron chi connectivity index (χ1n) is 12.6. The van der Waals surface area contributed by atoms with Crippen LogP contribution in [0.3, 0.4) is 0 Å². The molecule has 0 atom stereocenters. The van der Waals surface area contributed by atoms with Gasteiger partial charge in [0, 0.05) is 35.5 Å². The molecule has 0 aliphatic carbocycles. The van der Waals surface area contributed by atoms with Crippen LogP contribution in [0.15, 0.2) is 58.3 Å². The van der Waals surface area contributed by atoms with Gasteiger partial charge < -0.3 is 10.1 Å². The number of hydrogen-bond donors (Lipinski definition) is 1. The van der Waals surface area contributed by atoms with Gasteiger partial charge in [-0.2, -0.15) is 0 Å². The van der Waals surface area contributed by atoms with E-state index in [1.165, 1.54) is 39.0 Å². The van der Waals surface area contributed by atoms with Gasteiger partial charge in [-0.3, -0.25) is 9.69 Å². The van der Waals surface area contributed by atoms with Crippen molar-refractivity contribution in [1.29, 1.82) is 0 Å². The Kier molecular flexibility index (Phi) is 13.2. The summed E-state index contributed by atoms with van der Waals surface area (Å²) in [6.07, 6.45) is 10.4. The molecule has 5 nitrogen and oxygen atoms in total. The highest BCUT2D eigenvalue weighted by Gasteiger charge is 2.15. The molecule has 2 amide bonds. The Morgan fingerprint density at radius 2 is 1.53 bits per heavy atom. The van der Waals surface area contributed by atoms with Crippen molar-refractivity contribution in [2.24, 2.45) is 0 Å². The fraction of sp³-hybridized carbons (Fsp3) is 0.500. The van der Waals surface area contributed by atoms with Crippen molar-refractivity contribution in [3.8, 4) is 5.75 Å². The van der Waals surface area contributed by atoms with E-state index in [2.05, 4.69) is 19.2 Å². The topological polar surface area (TPSA) is 58.6 Å². The largest absolute Gasteiger partial charge is 0.427 e. The summed E-state index contributed by atoms with van der Waals surface area (Å²) < 4.78 is 5.18. The van der Waals surface area contributed by atoms with Crippen LogP contribution in [-0.4, -0.2) is 25.1 Å². The zero-order valence-electron chi connectivity index (χ0n) is 21.0. The number of hydrogen-bond acceptors (Lipinski definition) is 4. The second-order valence-electron chi connectivity index (χ2n) is 8.52. The van der Waals surface area contributed by atoms with Crippen LogP contribution in [0.4, 0.5) is 10.5 Å². The normalized spacial score (nSPS) is 10.7. The highest BCUT2D eigenvalue weighted by molar-refractivity contribution is 7.99. The van der Waals surface area contributed by atoms with Crippen LogP contribution in [0.2, 0.25) is 0 Å². The summed E-state index contributed by atoms with van der Waals surface area (Å²) in [5.74, 6) is 0.212. The molecule has 0 spiro atoms. The number of nitrogens with zero attached hydrogens (tertiary/aromatic N) is 1. The molecule has 0 unspecified atom stereocenters. The van der Waals surface area contributed by atoms with Crippen molar-refractivity contribution in [3.63, 3.8) is 0 Å². The van der Waals surface area contributed by atoms with Crippen molar-refractivity contribution in [2.75, 3.05) is 18.0 Å². The fourth-order valence-corrected chi connectivity index (χ4v) is 4.53. The summed E-state index contributed by atoms with van der Waals surface area (Å²) in [4.78, 5) is 28.1. The zero-order valence-corrected chi connectivity index (χ0v) is 21.8. The van der Waals surface area contributed by atoms with E-state index in [1.807, 2.05) is 47.4 Å². The number of anilines is 1. The van der Waals surface area contributed by atoms with E-state index in [4.69, 9.17) is 4.74 Å². The van der Waals surface area contributed by atoms with Gasteiger partial charge >= 0.3 is 12.0 Å². The van der Waals surface area contributed by atoms with E-state index in [-0.39, 0.29) is 12.0 Å². The van der Waals surface area contributed by atoms with Crippen LogP contribution in [0.5, 0.6) is 5.75 Å². The quantitative estimate of drug-likeness (QED) is 0.159. The summed E-state index contributed by atoms with van der Waals surface area (Å²) in [5, 5.41) is 3.11. The van der Waals surface area contributed by atoms with Crippen LogP contribution >= 0.6 is 11.8 Å². The number of unbranched alkanes of at least 4 members (excludes halogenated alkanes) is 7. The highest BCUT2D eigenvalue weighted by Crippen LogP contribution is 2.31. The third-order valence-corrected chi connectivity index (χ3v) is 6.49. The van der Waals surface area contributed by atoms with E-state index >= 15 is 0 Å². The van der Waals surface area contributed by atoms with E-state index in [0.29, 0.717) is 5.75 Å². The second-order valence-corrected chi connectivity index (χ2v) is 9.67. The summed E-state index contributed by atoms with van der Waals surface area (Å²) in [6.45, 7) is 7.25. The van der Waals surface area contributed by atoms with Crippen LogP contribution in [-0.2, 0) is 4.79 Å². The molecule has 34 heavy (non-hydrogen) atoms. The molecule has 2 aromatic carbocycles. The smallest absolute Gasteiger partial charge is 0.321 e. The lowest BCUT2D eigenvalue weighted by Gasteiger charge is -2.23. The average molecular weight is 485 g/mol. The lowest BCUT2D eigenvalue weighted by atomic mass is 10.1.